The molecule has 0 radical (unpaired) electrons. The number of hydrogen-bond donors (Lipinski definition) is 0. The second-order valence-corrected chi connectivity index (χ2v) is 12.7. The molecule has 1 heterocycles. The molecule has 0 atom stereocenters. The SMILES string of the molecule is Cc1cccc(C)c1N(Cc1ccc(C(=O)N2CCN(C(c3ccccc3)c3ccccc3)CC2)cc1)S(C)(=O)=O. The maximum atomic E-state index is 13.4. The summed E-state index contributed by atoms with van der Waals surface area (Å²) in [4.78, 5) is 17.8. The van der Waals surface area contributed by atoms with Crippen molar-refractivity contribution in [2.45, 2.75) is 26.4 Å². The molecule has 212 valence electrons. The van der Waals surface area contributed by atoms with Crippen molar-refractivity contribution >= 4 is 21.6 Å². The Morgan fingerprint density at radius 1 is 0.732 bits per heavy atom. The van der Waals surface area contributed by atoms with Crippen LogP contribution >= 0.6 is 0 Å². The van der Waals surface area contributed by atoms with Gasteiger partial charge in [-0.25, -0.2) is 8.42 Å². The first-order valence-electron chi connectivity index (χ1n) is 14.0. The Hall–Kier alpha value is -3.94. The van der Waals surface area contributed by atoms with Crippen LogP contribution in [0.2, 0.25) is 0 Å². The van der Waals surface area contributed by atoms with E-state index in [1.807, 2.05) is 73.3 Å². The lowest BCUT2D eigenvalue weighted by Gasteiger charge is -2.39. The molecule has 0 aliphatic carbocycles. The van der Waals surface area contributed by atoms with Gasteiger partial charge in [-0.3, -0.25) is 14.0 Å². The highest BCUT2D eigenvalue weighted by Crippen LogP contribution is 2.30. The van der Waals surface area contributed by atoms with Crippen molar-refractivity contribution in [3.8, 4) is 0 Å². The summed E-state index contributed by atoms with van der Waals surface area (Å²) < 4.78 is 26.9. The van der Waals surface area contributed by atoms with E-state index in [0.29, 0.717) is 24.3 Å². The minimum atomic E-state index is -3.50. The van der Waals surface area contributed by atoms with Gasteiger partial charge >= 0.3 is 0 Å². The van der Waals surface area contributed by atoms with Crippen molar-refractivity contribution in [2.75, 3.05) is 36.7 Å². The van der Waals surface area contributed by atoms with E-state index in [9.17, 15) is 13.2 Å². The van der Waals surface area contributed by atoms with Crippen LogP contribution in [0.3, 0.4) is 0 Å². The normalized spacial score (nSPS) is 14.3. The summed E-state index contributed by atoms with van der Waals surface area (Å²) in [5.74, 6) is 0.00175. The van der Waals surface area contributed by atoms with Gasteiger partial charge in [0.25, 0.3) is 5.91 Å². The molecule has 1 fully saturated rings. The van der Waals surface area contributed by atoms with Crippen LogP contribution in [0.15, 0.2) is 103 Å². The van der Waals surface area contributed by atoms with Crippen LogP contribution in [0.25, 0.3) is 0 Å². The zero-order valence-electron chi connectivity index (χ0n) is 23.9. The number of nitrogens with zero attached hydrogens (tertiary/aromatic N) is 3. The molecule has 1 amide bonds. The Kier molecular flexibility index (Phi) is 8.57. The maximum Gasteiger partial charge on any atom is 0.253 e. The average molecular weight is 568 g/mol. The highest BCUT2D eigenvalue weighted by atomic mass is 32.2. The fourth-order valence-electron chi connectivity index (χ4n) is 5.73. The number of aryl methyl sites for hydroxylation is 2. The number of hydrogen-bond acceptors (Lipinski definition) is 4. The van der Waals surface area contributed by atoms with Crippen molar-refractivity contribution in [2.24, 2.45) is 0 Å². The molecule has 1 aliphatic rings. The predicted octanol–water partition coefficient (Wildman–Crippen LogP) is 5.82. The molecule has 0 aromatic heterocycles. The van der Waals surface area contributed by atoms with E-state index in [1.54, 1.807) is 0 Å². The van der Waals surface area contributed by atoms with E-state index in [0.717, 1.165) is 29.8 Å². The molecule has 41 heavy (non-hydrogen) atoms. The molecule has 4 aromatic rings. The molecule has 0 spiro atoms. The Bertz CT molecular complexity index is 1520. The lowest BCUT2D eigenvalue weighted by Crippen LogP contribution is -2.49. The summed E-state index contributed by atoms with van der Waals surface area (Å²) in [6.07, 6.45) is 1.23. The topological polar surface area (TPSA) is 60.9 Å². The van der Waals surface area contributed by atoms with E-state index < -0.39 is 10.0 Å². The molecule has 7 heteroatoms. The zero-order valence-corrected chi connectivity index (χ0v) is 24.7. The number of carbonyl (C=O) groups excluding carboxylic acids is 1. The Morgan fingerprint density at radius 3 is 1.73 bits per heavy atom. The summed E-state index contributed by atoms with van der Waals surface area (Å²) in [7, 11) is -3.50. The van der Waals surface area contributed by atoms with Gasteiger partial charge in [-0.1, -0.05) is 91.0 Å². The van der Waals surface area contributed by atoms with Crippen LogP contribution < -0.4 is 4.31 Å². The Balaban J connectivity index is 1.27. The molecule has 4 aromatic carbocycles. The predicted molar refractivity (Wildman–Crippen MR) is 166 cm³/mol. The lowest BCUT2D eigenvalue weighted by atomic mass is 9.96. The number of rotatable bonds is 8. The summed E-state index contributed by atoms with van der Waals surface area (Å²) >= 11 is 0. The van der Waals surface area contributed by atoms with Crippen LogP contribution in [-0.4, -0.2) is 56.6 Å². The minimum absolute atomic E-state index is 0.00175. The molecule has 5 rings (SSSR count). The second-order valence-electron chi connectivity index (χ2n) is 10.8. The molecule has 0 bridgehead atoms. The Morgan fingerprint density at radius 2 is 1.24 bits per heavy atom. The fourth-order valence-corrected chi connectivity index (χ4v) is 6.73. The number of anilines is 1. The van der Waals surface area contributed by atoms with Crippen LogP contribution in [-0.2, 0) is 16.6 Å². The second kappa shape index (κ2) is 12.3. The van der Waals surface area contributed by atoms with Gasteiger partial charge in [0.2, 0.25) is 10.0 Å². The molecule has 0 N–H and O–H groups in total. The van der Waals surface area contributed by atoms with Gasteiger partial charge in [-0.15, -0.1) is 0 Å². The van der Waals surface area contributed by atoms with Crippen molar-refractivity contribution < 1.29 is 13.2 Å². The molecule has 1 aliphatic heterocycles. The van der Waals surface area contributed by atoms with Crippen LogP contribution in [0.1, 0.15) is 44.2 Å². The van der Waals surface area contributed by atoms with Gasteiger partial charge in [0.1, 0.15) is 0 Å². The fraction of sp³-hybridized carbons (Fsp3) is 0.265. The monoisotopic (exact) mass is 567 g/mol. The first-order chi connectivity index (χ1) is 19.7. The van der Waals surface area contributed by atoms with Gasteiger partial charge in [0.05, 0.1) is 24.5 Å². The van der Waals surface area contributed by atoms with Crippen LogP contribution in [0.5, 0.6) is 0 Å². The van der Waals surface area contributed by atoms with E-state index in [1.165, 1.54) is 21.7 Å². The van der Waals surface area contributed by atoms with Crippen molar-refractivity contribution in [1.82, 2.24) is 9.80 Å². The number of benzene rings is 4. The summed E-state index contributed by atoms with van der Waals surface area (Å²) in [5.41, 5.74) is 6.45. The molecule has 6 nitrogen and oxygen atoms in total. The first kappa shape index (κ1) is 28.6. The first-order valence-corrected chi connectivity index (χ1v) is 15.8. The number of amides is 1. The van der Waals surface area contributed by atoms with Crippen LogP contribution in [0.4, 0.5) is 5.69 Å². The highest BCUT2D eigenvalue weighted by Gasteiger charge is 2.29. The van der Waals surface area contributed by atoms with E-state index >= 15 is 0 Å². The molecular weight excluding hydrogens is 530 g/mol. The molecule has 0 saturated carbocycles. The third kappa shape index (κ3) is 6.53. The van der Waals surface area contributed by atoms with Gasteiger partial charge in [-0.05, 0) is 53.8 Å². The van der Waals surface area contributed by atoms with Crippen molar-refractivity contribution in [1.29, 1.82) is 0 Å². The van der Waals surface area contributed by atoms with E-state index in [4.69, 9.17) is 0 Å². The van der Waals surface area contributed by atoms with Crippen molar-refractivity contribution in [3.05, 3.63) is 137 Å². The van der Waals surface area contributed by atoms with Crippen LogP contribution in [0, 0.1) is 13.8 Å². The van der Waals surface area contributed by atoms with Gasteiger partial charge < -0.3 is 4.90 Å². The number of sulfonamides is 1. The lowest BCUT2D eigenvalue weighted by molar-refractivity contribution is 0.0597. The van der Waals surface area contributed by atoms with Gasteiger partial charge in [0.15, 0.2) is 0 Å². The number of carbonyl (C=O) groups is 1. The summed E-state index contributed by atoms with van der Waals surface area (Å²) in [6.45, 7) is 6.89. The highest BCUT2D eigenvalue weighted by molar-refractivity contribution is 7.92. The van der Waals surface area contributed by atoms with E-state index in [2.05, 4.69) is 53.4 Å². The van der Waals surface area contributed by atoms with Gasteiger partial charge in [0, 0.05) is 31.7 Å². The Labute approximate surface area is 243 Å². The molecular formula is C34H37N3O3S. The summed E-state index contributed by atoms with van der Waals surface area (Å²) in [6, 6.07) is 34.3. The minimum Gasteiger partial charge on any atom is -0.336 e. The third-order valence-electron chi connectivity index (χ3n) is 7.81. The smallest absolute Gasteiger partial charge is 0.253 e. The zero-order chi connectivity index (χ0) is 29.0. The number of para-hydroxylation sites is 1. The maximum absolute atomic E-state index is 13.4. The van der Waals surface area contributed by atoms with E-state index in [-0.39, 0.29) is 18.5 Å². The quantitative estimate of drug-likeness (QED) is 0.269. The van der Waals surface area contributed by atoms with Crippen molar-refractivity contribution in [3.63, 3.8) is 0 Å². The number of piperazine rings is 1. The average Bonchev–Trinajstić information content (AvgIpc) is 2.98. The molecule has 0 unspecified atom stereocenters. The summed E-state index contributed by atoms with van der Waals surface area (Å²) in [5, 5.41) is 0. The van der Waals surface area contributed by atoms with Gasteiger partial charge in [-0.2, -0.15) is 0 Å². The largest absolute Gasteiger partial charge is 0.336 e. The molecule has 1 saturated heterocycles. The standard InChI is InChI=1S/C34H37N3O3S/c1-26-11-10-12-27(2)32(26)37(41(3,39)40)25-28-17-19-31(20-18-28)34(38)36-23-21-35(22-24-36)33(29-13-6-4-7-14-29)30-15-8-5-9-16-30/h4-20,33H,21-25H2,1-3H3. The third-order valence-corrected chi connectivity index (χ3v) is 8.93.